The maximum Gasteiger partial charge on any atom is 0.303 e. The van der Waals surface area contributed by atoms with Crippen LogP contribution in [0.5, 0.6) is 5.75 Å². The molecule has 0 aliphatic heterocycles. The largest absolute Gasteiger partial charge is 0.494 e. The van der Waals surface area contributed by atoms with Crippen molar-refractivity contribution in [2.45, 2.75) is 19.8 Å². The molecule has 0 radical (unpaired) electrons. The van der Waals surface area contributed by atoms with Gasteiger partial charge in [0, 0.05) is 11.8 Å². The van der Waals surface area contributed by atoms with Gasteiger partial charge in [-0.05, 0) is 36.6 Å². The van der Waals surface area contributed by atoms with E-state index in [0.717, 1.165) is 16.5 Å². The number of carboxylic acid groups (broad SMARTS) is 1. The number of carbonyl (C=O) groups is 1. The van der Waals surface area contributed by atoms with Gasteiger partial charge in [0.25, 0.3) is 0 Å². The summed E-state index contributed by atoms with van der Waals surface area (Å²) in [5.41, 5.74) is 2.50. The van der Waals surface area contributed by atoms with Gasteiger partial charge in [-0.15, -0.1) is 0 Å². The zero-order valence-corrected chi connectivity index (χ0v) is 11.5. The quantitative estimate of drug-likeness (QED) is 0.873. The van der Waals surface area contributed by atoms with Gasteiger partial charge in [0.15, 0.2) is 0 Å². The highest BCUT2D eigenvalue weighted by atomic mass is 35.5. The summed E-state index contributed by atoms with van der Waals surface area (Å²) < 4.78 is 5.26. The van der Waals surface area contributed by atoms with Crippen LogP contribution in [0.1, 0.15) is 17.5 Å². The summed E-state index contributed by atoms with van der Waals surface area (Å²) in [6.07, 6.45) is 0.406. The minimum atomic E-state index is -0.849. The normalized spacial score (nSPS) is 10.7. The van der Waals surface area contributed by atoms with E-state index in [1.807, 2.05) is 25.1 Å². The first kappa shape index (κ1) is 13.6. The number of methoxy groups -OCH3 is 1. The Bertz CT molecular complexity index is 640. The van der Waals surface area contributed by atoms with Crippen LogP contribution < -0.4 is 4.74 Å². The van der Waals surface area contributed by atoms with Crippen LogP contribution in [0.4, 0.5) is 0 Å². The average molecular weight is 280 g/mol. The second-order valence-electron chi connectivity index (χ2n) is 4.31. The van der Waals surface area contributed by atoms with Gasteiger partial charge in [-0.25, -0.2) is 4.98 Å². The molecule has 0 bridgehead atoms. The van der Waals surface area contributed by atoms with Crippen LogP contribution in [0, 0.1) is 6.92 Å². The Labute approximate surface area is 116 Å². The fourth-order valence-corrected chi connectivity index (χ4v) is 2.21. The molecule has 0 unspecified atom stereocenters. The summed E-state index contributed by atoms with van der Waals surface area (Å²) in [7, 11) is 1.58. The number of fused-ring (bicyclic) bond motifs is 1. The number of rotatable bonds is 4. The molecule has 0 amide bonds. The number of hydrogen-bond donors (Lipinski definition) is 1. The van der Waals surface area contributed by atoms with Crippen LogP contribution in [0.3, 0.4) is 0 Å². The lowest BCUT2D eigenvalue weighted by Gasteiger charge is -2.10. The average Bonchev–Trinajstić information content (AvgIpc) is 2.37. The van der Waals surface area contributed by atoms with Gasteiger partial charge in [-0.2, -0.15) is 0 Å². The molecule has 2 aromatic rings. The van der Waals surface area contributed by atoms with Crippen molar-refractivity contribution < 1.29 is 14.6 Å². The number of aryl methyl sites for hydroxylation is 2. The Kier molecular flexibility index (Phi) is 3.90. The summed E-state index contributed by atoms with van der Waals surface area (Å²) in [6, 6.07) is 5.68. The molecule has 0 aliphatic rings. The summed E-state index contributed by atoms with van der Waals surface area (Å²) in [4.78, 5) is 15.0. The van der Waals surface area contributed by atoms with Crippen molar-refractivity contribution >= 4 is 28.5 Å². The van der Waals surface area contributed by atoms with E-state index in [4.69, 9.17) is 21.4 Å². The fourth-order valence-electron chi connectivity index (χ4n) is 1.97. The molecule has 0 saturated heterocycles. The van der Waals surface area contributed by atoms with E-state index >= 15 is 0 Å². The Morgan fingerprint density at radius 1 is 1.47 bits per heavy atom. The standard InChI is InChI=1S/C14H14ClNO3/c1-8-3-5-11(19-2)13-10(8)7-9(14(15)16-13)4-6-12(17)18/h3,5,7H,4,6H2,1-2H3,(H,17,18). The lowest BCUT2D eigenvalue weighted by molar-refractivity contribution is -0.136. The van der Waals surface area contributed by atoms with Crippen molar-refractivity contribution in [2.24, 2.45) is 0 Å². The molecule has 0 spiro atoms. The number of benzene rings is 1. The van der Waals surface area contributed by atoms with Crippen molar-refractivity contribution in [1.29, 1.82) is 0 Å². The van der Waals surface area contributed by atoms with Crippen LogP contribution in [-0.4, -0.2) is 23.2 Å². The van der Waals surface area contributed by atoms with Crippen LogP contribution in [0.15, 0.2) is 18.2 Å². The summed E-state index contributed by atoms with van der Waals surface area (Å²) in [5.74, 6) is -0.189. The highest BCUT2D eigenvalue weighted by molar-refractivity contribution is 6.30. The minimum absolute atomic E-state index is 0.0376. The number of carboxylic acids is 1. The van der Waals surface area contributed by atoms with Crippen molar-refractivity contribution in [2.75, 3.05) is 7.11 Å². The SMILES string of the molecule is COc1ccc(C)c2cc(CCC(=O)O)c(Cl)nc12. The zero-order chi connectivity index (χ0) is 14.0. The molecule has 0 aliphatic carbocycles. The zero-order valence-electron chi connectivity index (χ0n) is 10.7. The molecule has 0 saturated carbocycles. The first-order chi connectivity index (χ1) is 9.02. The third-order valence-corrected chi connectivity index (χ3v) is 3.35. The van der Waals surface area contributed by atoms with Gasteiger partial charge in [0.2, 0.25) is 0 Å². The highest BCUT2D eigenvalue weighted by Crippen LogP contribution is 2.30. The molecule has 2 rings (SSSR count). The van der Waals surface area contributed by atoms with Crippen LogP contribution in [-0.2, 0) is 11.2 Å². The number of pyridine rings is 1. The Balaban J connectivity index is 2.55. The first-order valence-corrected chi connectivity index (χ1v) is 6.25. The molecule has 4 nitrogen and oxygen atoms in total. The lowest BCUT2D eigenvalue weighted by Crippen LogP contribution is -2.00. The molecule has 0 atom stereocenters. The molecule has 1 heterocycles. The molecule has 19 heavy (non-hydrogen) atoms. The van der Waals surface area contributed by atoms with Gasteiger partial charge < -0.3 is 9.84 Å². The molecule has 100 valence electrons. The summed E-state index contributed by atoms with van der Waals surface area (Å²) >= 11 is 6.11. The molecule has 1 aromatic heterocycles. The van der Waals surface area contributed by atoms with Gasteiger partial charge in [0.05, 0.1) is 7.11 Å². The third kappa shape index (κ3) is 2.79. The van der Waals surface area contributed by atoms with Gasteiger partial charge in [-0.3, -0.25) is 4.79 Å². The number of aromatic nitrogens is 1. The number of nitrogens with zero attached hydrogens (tertiary/aromatic N) is 1. The lowest BCUT2D eigenvalue weighted by atomic mass is 10.0. The summed E-state index contributed by atoms with van der Waals surface area (Å²) in [6.45, 7) is 1.97. The van der Waals surface area contributed by atoms with Crippen LogP contribution >= 0.6 is 11.6 Å². The van der Waals surface area contributed by atoms with Gasteiger partial charge in [-0.1, -0.05) is 17.7 Å². The van der Waals surface area contributed by atoms with E-state index in [1.165, 1.54) is 0 Å². The van der Waals surface area contributed by atoms with E-state index < -0.39 is 5.97 Å². The Hall–Kier alpha value is -1.81. The van der Waals surface area contributed by atoms with Crippen LogP contribution in [0.25, 0.3) is 10.9 Å². The Morgan fingerprint density at radius 3 is 2.84 bits per heavy atom. The topological polar surface area (TPSA) is 59.4 Å². The van der Waals surface area contributed by atoms with Gasteiger partial charge >= 0.3 is 5.97 Å². The predicted molar refractivity (Wildman–Crippen MR) is 74.0 cm³/mol. The summed E-state index contributed by atoms with van der Waals surface area (Å²) in [5, 5.41) is 10.00. The fraction of sp³-hybridized carbons (Fsp3) is 0.286. The number of ether oxygens (including phenoxy) is 1. The molecular formula is C14H14ClNO3. The number of halogens is 1. The van der Waals surface area contributed by atoms with Gasteiger partial charge in [0.1, 0.15) is 16.4 Å². The maximum absolute atomic E-state index is 10.6. The second-order valence-corrected chi connectivity index (χ2v) is 4.67. The molecule has 1 N–H and O–H groups in total. The maximum atomic E-state index is 10.6. The van der Waals surface area contributed by atoms with Crippen molar-refractivity contribution in [3.63, 3.8) is 0 Å². The Morgan fingerprint density at radius 2 is 2.21 bits per heavy atom. The van der Waals surface area contributed by atoms with E-state index in [9.17, 15) is 4.79 Å². The number of aliphatic carboxylic acids is 1. The molecule has 1 aromatic carbocycles. The van der Waals surface area contributed by atoms with E-state index in [1.54, 1.807) is 7.11 Å². The van der Waals surface area contributed by atoms with Crippen molar-refractivity contribution in [1.82, 2.24) is 4.98 Å². The number of hydrogen-bond acceptors (Lipinski definition) is 3. The smallest absolute Gasteiger partial charge is 0.303 e. The first-order valence-electron chi connectivity index (χ1n) is 5.87. The molecule has 0 fully saturated rings. The minimum Gasteiger partial charge on any atom is -0.494 e. The van der Waals surface area contributed by atoms with Crippen molar-refractivity contribution in [3.05, 3.63) is 34.5 Å². The van der Waals surface area contributed by atoms with E-state index in [2.05, 4.69) is 4.98 Å². The van der Waals surface area contributed by atoms with E-state index in [-0.39, 0.29) is 6.42 Å². The third-order valence-electron chi connectivity index (χ3n) is 3.02. The second kappa shape index (κ2) is 5.45. The van der Waals surface area contributed by atoms with Crippen LogP contribution in [0.2, 0.25) is 5.15 Å². The van der Waals surface area contributed by atoms with Crippen molar-refractivity contribution in [3.8, 4) is 5.75 Å². The monoisotopic (exact) mass is 279 g/mol. The molecular weight excluding hydrogens is 266 g/mol. The van der Waals surface area contributed by atoms with E-state index in [0.29, 0.717) is 22.8 Å². The highest BCUT2D eigenvalue weighted by Gasteiger charge is 2.11. The predicted octanol–water partition coefficient (Wildman–Crippen LogP) is 3.22. The molecule has 5 heteroatoms.